The molecule has 2 aliphatic carbocycles. The van der Waals surface area contributed by atoms with Gasteiger partial charge in [-0.2, -0.15) is 0 Å². The Bertz CT molecular complexity index is 375. The first kappa shape index (κ1) is 18.3. The predicted octanol–water partition coefficient (Wildman–Crippen LogP) is 4.26. The molecule has 4 nitrogen and oxygen atoms in total. The molecule has 4 heteroatoms. The lowest BCUT2D eigenvalue weighted by Crippen LogP contribution is -2.41. The van der Waals surface area contributed by atoms with E-state index in [9.17, 15) is 9.59 Å². The third-order valence-corrected chi connectivity index (χ3v) is 5.49. The van der Waals surface area contributed by atoms with Crippen molar-refractivity contribution >= 4 is 11.9 Å². The van der Waals surface area contributed by atoms with E-state index in [0.717, 1.165) is 51.4 Å². The van der Waals surface area contributed by atoms with Gasteiger partial charge in [0.05, 0.1) is 0 Å². The topological polar surface area (TPSA) is 52.6 Å². The fourth-order valence-electron chi connectivity index (χ4n) is 3.38. The van der Waals surface area contributed by atoms with Crippen molar-refractivity contribution in [2.75, 3.05) is 0 Å². The van der Waals surface area contributed by atoms with Gasteiger partial charge < -0.3 is 9.47 Å². The van der Waals surface area contributed by atoms with Crippen molar-refractivity contribution in [1.82, 2.24) is 0 Å². The van der Waals surface area contributed by atoms with Gasteiger partial charge in [-0.15, -0.1) is 0 Å². The molecule has 2 rings (SSSR count). The molecule has 2 aliphatic rings. The van der Waals surface area contributed by atoms with E-state index in [2.05, 4.69) is 13.8 Å². The second kappa shape index (κ2) is 7.67. The highest BCUT2D eigenvalue weighted by Crippen LogP contribution is 2.31. The molecule has 0 aromatic rings. The molecule has 0 bridgehead atoms. The summed E-state index contributed by atoms with van der Waals surface area (Å²) in [7, 11) is 0. The van der Waals surface area contributed by atoms with E-state index in [1.54, 1.807) is 13.8 Å². The van der Waals surface area contributed by atoms with Gasteiger partial charge in [-0.25, -0.2) is 0 Å². The first-order valence-corrected chi connectivity index (χ1v) is 9.21. The van der Waals surface area contributed by atoms with Gasteiger partial charge in [-0.3, -0.25) is 9.59 Å². The standard InChI is InChI=1S/C19H32O4/c1-13-5-9-15(10-6-13)22-17(20)19(3,4)18(21)23-16-11-7-14(2)8-12-16/h13-16H,5-12H2,1-4H3. The van der Waals surface area contributed by atoms with Crippen LogP contribution < -0.4 is 0 Å². The van der Waals surface area contributed by atoms with E-state index in [1.807, 2.05) is 0 Å². The molecule has 2 fully saturated rings. The molecule has 0 amide bonds. The fourth-order valence-corrected chi connectivity index (χ4v) is 3.38. The maximum atomic E-state index is 12.4. The summed E-state index contributed by atoms with van der Waals surface area (Å²) in [5.74, 6) is 0.533. The van der Waals surface area contributed by atoms with Crippen LogP contribution in [0.5, 0.6) is 0 Å². The summed E-state index contributed by atoms with van der Waals surface area (Å²) in [5.41, 5.74) is -1.22. The average Bonchev–Trinajstić information content (AvgIpc) is 2.51. The monoisotopic (exact) mass is 324 g/mol. The Kier molecular flexibility index (Phi) is 6.10. The van der Waals surface area contributed by atoms with E-state index in [0.29, 0.717) is 11.8 Å². The van der Waals surface area contributed by atoms with Crippen LogP contribution in [0, 0.1) is 17.3 Å². The summed E-state index contributed by atoms with van der Waals surface area (Å²) in [6.07, 6.45) is 7.87. The molecule has 0 aromatic heterocycles. The summed E-state index contributed by atoms with van der Waals surface area (Å²) < 4.78 is 11.2. The highest BCUT2D eigenvalue weighted by molar-refractivity contribution is 5.99. The molecule has 23 heavy (non-hydrogen) atoms. The number of carbonyl (C=O) groups excluding carboxylic acids is 2. The molecule has 2 saturated carbocycles. The van der Waals surface area contributed by atoms with Crippen LogP contribution in [0.25, 0.3) is 0 Å². The van der Waals surface area contributed by atoms with Crippen molar-refractivity contribution < 1.29 is 19.1 Å². The van der Waals surface area contributed by atoms with Crippen molar-refractivity contribution in [3.8, 4) is 0 Å². The third-order valence-electron chi connectivity index (χ3n) is 5.49. The summed E-state index contributed by atoms with van der Waals surface area (Å²) in [5, 5.41) is 0. The number of ether oxygens (including phenoxy) is 2. The number of hydrogen-bond donors (Lipinski definition) is 0. The van der Waals surface area contributed by atoms with Crippen molar-refractivity contribution in [2.45, 2.75) is 91.3 Å². The lowest BCUT2D eigenvalue weighted by Gasteiger charge is -2.31. The van der Waals surface area contributed by atoms with E-state index in [-0.39, 0.29) is 12.2 Å². The molecule has 0 spiro atoms. The molecule has 0 N–H and O–H groups in total. The van der Waals surface area contributed by atoms with Gasteiger partial charge in [0.1, 0.15) is 12.2 Å². The SMILES string of the molecule is CC1CCC(OC(=O)C(C)(C)C(=O)OC2CCC(C)CC2)CC1. The average molecular weight is 324 g/mol. The van der Waals surface area contributed by atoms with E-state index < -0.39 is 17.4 Å². The van der Waals surface area contributed by atoms with Crippen molar-refractivity contribution in [1.29, 1.82) is 0 Å². The Morgan fingerprint density at radius 2 is 1.00 bits per heavy atom. The van der Waals surface area contributed by atoms with Gasteiger partial charge >= 0.3 is 11.9 Å². The van der Waals surface area contributed by atoms with Crippen LogP contribution in [0.2, 0.25) is 0 Å². The quantitative estimate of drug-likeness (QED) is 0.573. The molecular formula is C19H32O4. The maximum Gasteiger partial charge on any atom is 0.323 e. The zero-order chi connectivity index (χ0) is 17.0. The van der Waals surface area contributed by atoms with Gasteiger partial charge in [0.25, 0.3) is 0 Å². The van der Waals surface area contributed by atoms with Crippen LogP contribution in [-0.4, -0.2) is 24.1 Å². The van der Waals surface area contributed by atoms with Crippen LogP contribution in [-0.2, 0) is 19.1 Å². The number of hydrogen-bond acceptors (Lipinski definition) is 4. The molecule has 0 heterocycles. The molecule has 0 unspecified atom stereocenters. The van der Waals surface area contributed by atoms with Crippen LogP contribution in [0.15, 0.2) is 0 Å². The second-order valence-corrected chi connectivity index (χ2v) is 8.20. The smallest absolute Gasteiger partial charge is 0.323 e. The molecular weight excluding hydrogens is 292 g/mol. The summed E-state index contributed by atoms with van der Waals surface area (Å²) in [4.78, 5) is 24.9. The maximum absolute atomic E-state index is 12.4. The first-order chi connectivity index (χ1) is 10.8. The van der Waals surface area contributed by atoms with E-state index >= 15 is 0 Å². The molecule has 0 radical (unpaired) electrons. The van der Waals surface area contributed by atoms with Gasteiger partial charge in [0, 0.05) is 0 Å². The van der Waals surface area contributed by atoms with Crippen LogP contribution in [0.4, 0.5) is 0 Å². The summed E-state index contributed by atoms with van der Waals surface area (Å²) >= 11 is 0. The normalized spacial score (nSPS) is 32.2. The zero-order valence-corrected chi connectivity index (χ0v) is 15.1. The first-order valence-electron chi connectivity index (χ1n) is 9.21. The predicted molar refractivity (Wildman–Crippen MR) is 88.8 cm³/mol. The van der Waals surface area contributed by atoms with Crippen molar-refractivity contribution in [3.05, 3.63) is 0 Å². The molecule has 0 aliphatic heterocycles. The largest absolute Gasteiger partial charge is 0.462 e. The number of rotatable bonds is 4. The lowest BCUT2D eigenvalue weighted by atomic mass is 9.87. The van der Waals surface area contributed by atoms with Gasteiger partial charge in [-0.1, -0.05) is 13.8 Å². The van der Waals surface area contributed by atoms with Gasteiger partial charge in [-0.05, 0) is 77.0 Å². The minimum Gasteiger partial charge on any atom is -0.462 e. The highest BCUT2D eigenvalue weighted by Gasteiger charge is 2.42. The van der Waals surface area contributed by atoms with Crippen LogP contribution >= 0.6 is 0 Å². The lowest BCUT2D eigenvalue weighted by molar-refractivity contribution is -0.178. The molecule has 132 valence electrons. The molecule has 0 saturated heterocycles. The minimum absolute atomic E-state index is 0.0405. The summed E-state index contributed by atoms with van der Waals surface area (Å²) in [6, 6.07) is 0. The highest BCUT2D eigenvalue weighted by atomic mass is 16.6. The Morgan fingerprint density at radius 1 is 0.696 bits per heavy atom. The van der Waals surface area contributed by atoms with E-state index in [4.69, 9.17) is 9.47 Å². The van der Waals surface area contributed by atoms with Crippen molar-refractivity contribution in [2.24, 2.45) is 17.3 Å². The number of carbonyl (C=O) groups is 2. The van der Waals surface area contributed by atoms with Gasteiger partial charge in [0.15, 0.2) is 5.41 Å². The van der Waals surface area contributed by atoms with Crippen LogP contribution in [0.3, 0.4) is 0 Å². The second-order valence-electron chi connectivity index (χ2n) is 8.20. The Balaban J connectivity index is 1.83. The summed E-state index contributed by atoms with van der Waals surface area (Å²) in [6.45, 7) is 7.69. The zero-order valence-electron chi connectivity index (χ0n) is 15.1. The fraction of sp³-hybridized carbons (Fsp3) is 0.895. The Morgan fingerprint density at radius 3 is 1.30 bits per heavy atom. The van der Waals surface area contributed by atoms with E-state index in [1.165, 1.54) is 0 Å². The molecule has 0 aromatic carbocycles. The Hall–Kier alpha value is -1.06. The Labute approximate surface area is 140 Å². The molecule has 0 atom stereocenters. The van der Waals surface area contributed by atoms with Crippen LogP contribution in [0.1, 0.15) is 79.1 Å². The number of esters is 2. The minimum atomic E-state index is -1.22. The van der Waals surface area contributed by atoms with Crippen molar-refractivity contribution in [3.63, 3.8) is 0 Å². The third kappa shape index (κ3) is 4.95. The van der Waals surface area contributed by atoms with Gasteiger partial charge in [0.2, 0.25) is 0 Å².